The molecule has 0 radical (unpaired) electrons. The molecule has 0 saturated carbocycles. The topological polar surface area (TPSA) is 78.1 Å². The quantitative estimate of drug-likeness (QED) is 0.719. The molecule has 28 heavy (non-hydrogen) atoms. The van der Waals surface area contributed by atoms with E-state index in [-0.39, 0.29) is 24.2 Å². The van der Waals surface area contributed by atoms with E-state index in [1.54, 1.807) is 11.1 Å². The highest BCUT2D eigenvalue weighted by molar-refractivity contribution is 5.89. The van der Waals surface area contributed by atoms with Crippen LogP contribution in [0.25, 0.3) is 10.9 Å². The number of fused-ring (bicyclic) bond motifs is 1. The van der Waals surface area contributed by atoms with E-state index in [4.69, 9.17) is 0 Å². The van der Waals surface area contributed by atoms with Crippen molar-refractivity contribution in [3.63, 3.8) is 0 Å². The van der Waals surface area contributed by atoms with Crippen molar-refractivity contribution in [2.24, 2.45) is 5.92 Å². The third-order valence-corrected chi connectivity index (χ3v) is 5.50. The van der Waals surface area contributed by atoms with Crippen LogP contribution in [-0.2, 0) is 22.7 Å². The Bertz CT molecular complexity index is 1030. The van der Waals surface area contributed by atoms with Crippen LogP contribution in [0.3, 0.4) is 0 Å². The molecule has 4 rings (SSSR count). The second-order valence-electron chi connectivity index (χ2n) is 7.47. The van der Waals surface area contributed by atoms with Gasteiger partial charge in [-0.2, -0.15) is 0 Å². The van der Waals surface area contributed by atoms with Gasteiger partial charge < -0.3 is 15.2 Å². The lowest BCUT2D eigenvalue weighted by atomic mass is 10.1. The third-order valence-electron chi connectivity index (χ3n) is 5.50. The zero-order valence-electron chi connectivity index (χ0n) is 16.2. The molecular weight excluding hydrogens is 352 g/mol. The number of benzene rings is 1. The number of amides is 2. The molecule has 2 N–H and O–H groups in total. The van der Waals surface area contributed by atoms with Gasteiger partial charge in [-0.15, -0.1) is 0 Å². The van der Waals surface area contributed by atoms with Crippen molar-refractivity contribution >= 4 is 22.7 Å². The number of aromatic amines is 1. The van der Waals surface area contributed by atoms with E-state index in [2.05, 4.69) is 35.2 Å². The second kappa shape index (κ2) is 7.46. The summed E-state index contributed by atoms with van der Waals surface area (Å²) in [5, 5.41) is 4.18. The molecule has 2 amide bonds. The van der Waals surface area contributed by atoms with Gasteiger partial charge in [0.05, 0.1) is 18.2 Å². The van der Waals surface area contributed by atoms with E-state index >= 15 is 0 Å². The first kappa shape index (κ1) is 18.2. The van der Waals surface area contributed by atoms with E-state index in [0.717, 1.165) is 22.5 Å². The van der Waals surface area contributed by atoms with Crippen molar-refractivity contribution in [3.05, 3.63) is 65.1 Å². The highest BCUT2D eigenvalue weighted by Crippen LogP contribution is 2.23. The second-order valence-corrected chi connectivity index (χ2v) is 7.47. The average Bonchev–Trinajstić information content (AvgIpc) is 3.20. The fraction of sp³-hybridized carbons (Fsp3) is 0.318. The van der Waals surface area contributed by atoms with Crippen molar-refractivity contribution in [2.45, 2.75) is 33.4 Å². The van der Waals surface area contributed by atoms with Gasteiger partial charge in [-0.3, -0.25) is 14.6 Å². The molecule has 0 spiro atoms. The smallest absolute Gasteiger partial charge is 0.225 e. The highest BCUT2D eigenvalue weighted by atomic mass is 16.2. The van der Waals surface area contributed by atoms with Crippen LogP contribution in [0.4, 0.5) is 0 Å². The van der Waals surface area contributed by atoms with Crippen LogP contribution >= 0.6 is 0 Å². The maximum Gasteiger partial charge on any atom is 0.225 e. The van der Waals surface area contributed by atoms with E-state index in [0.29, 0.717) is 19.6 Å². The normalized spacial score (nSPS) is 16.7. The molecule has 3 aromatic rings. The summed E-state index contributed by atoms with van der Waals surface area (Å²) in [6.45, 7) is 5.51. The van der Waals surface area contributed by atoms with Gasteiger partial charge in [0.1, 0.15) is 0 Å². The van der Waals surface area contributed by atoms with E-state index in [1.165, 1.54) is 10.9 Å². The lowest BCUT2D eigenvalue weighted by molar-refractivity contribution is -0.129. The van der Waals surface area contributed by atoms with Crippen LogP contribution in [0.15, 0.2) is 42.6 Å². The van der Waals surface area contributed by atoms with Gasteiger partial charge in [0, 0.05) is 42.3 Å². The Balaban J connectivity index is 1.36. The molecule has 1 aliphatic rings. The monoisotopic (exact) mass is 376 g/mol. The lowest BCUT2D eigenvalue weighted by Crippen LogP contribution is -2.32. The fourth-order valence-corrected chi connectivity index (χ4v) is 3.74. The Hall–Kier alpha value is -3.15. The van der Waals surface area contributed by atoms with E-state index in [1.807, 2.05) is 30.3 Å². The Morgan fingerprint density at radius 3 is 2.93 bits per heavy atom. The summed E-state index contributed by atoms with van der Waals surface area (Å²) in [4.78, 5) is 34.2. The number of pyridine rings is 1. The van der Waals surface area contributed by atoms with E-state index in [9.17, 15) is 9.59 Å². The Morgan fingerprint density at radius 2 is 2.14 bits per heavy atom. The summed E-state index contributed by atoms with van der Waals surface area (Å²) in [6.07, 6.45) is 1.97. The Labute approximate surface area is 164 Å². The van der Waals surface area contributed by atoms with Crippen LogP contribution < -0.4 is 5.32 Å². The van der Waals surface area contributed by atoms with Crippen molar-refractivity contribution in [2.75, 3.05) is 6.54 Å². The van der Waals surface area contributed by atoms with Crippen LogP contribution in [0.2, 0.25) is 0 Å². The average molecular weight is 376 g/mol. The zero-order valence-corrected chi connectivity index (χ0v) is 16.2. The molecule has 3 heterocycles. The molecule has 1 aromatic carbocycles. The number of rotatable bonds is 5. The molecule has 1 saturated heterocycles. The molecule has 1 atom stereocenters. The number of aryl methyl sites for hydroxylation is 2. The summed E-state index contributed by atoms with van der Waals surface area (Å²) in [6, 6.07) is 11.8. The van der Waals surface area contributed by atoms with Gasteiger partial charge in [0.2, 0.25) is 11.8 Å². The molecule has 2 aromatic heterocycles. The molecule has 0 bridgehead atoms. The molecule has 6 nitrogen and oxygen atoms in total. The molecule has 6 heteroatoms. The fourth-order valence-electron chi connectivity index (χ4n) is 3.74. The molecule has 144 valence electrons. The summed E-state index contributed by atoms with van der Waals surface area (Å²) in [5.41, 5.74) is 5.39. The number of hydrogen-bond donors (Lipinski definition) is 2. The number of likely N-dealkylation sites (tertiary alicyclic amines) is 1. The first-order valence-electron chi connectivity index (χ1n) is 9.54. The predicted molar refractivity (Wildman–Crippen MR) is 107 cm³/mol. The highest BCUT2D eigenvalue weighted by Gasteiger charge is 2.34. The molecule has 1 aliphatic heterocycles. The number of nitrogens with zero attached hydrogens (tertiary/aromatic N) is 2. The standard InChI is InChI=1S/C22H24N4O2/c1-14-15(2)25-20-7-6-16(9-19(14)20)11-24-22(28)17-10-21(27)26(12-17)13-18-5-3-4-8-23-18/h3-9,17,25H,10-13H2,1-2H3,(H,24,28)/t17-/m1/s1. The van der Waals surface area contributed by atoms with Gasteiger partial charge in [-0.05, 0) is 49.2 Å². The molecular formula is C22H24N4O2. The molecule has 0 aliphatic carbocycles. The number of nitrogens with one attached hydrogen (secondary N) is 2. The number of H-pyrrole nitrogens is 1. The van der Waals surface area contributed by atoms with Crippen molar-refractivity contribution < 1.29 is 9.59 Å². The molecule has 1 fully saturated rings. The van der Waals surface area contributed by atoms with Gasteiger partial charge in [0.25, 0.3) is 0 Å². The Morgan fingerprint density at radius 1 is 1.29 bits per heavy atom. The first-order valence-corrected chi connectivity index (χ1v) is 9.54. The number of hydrogen-bond acceptors (Lipinski definition) is 3. The number of carbonyl (C=O) groups is 2. The Kier molecular flexibility index (Phi) is 4.86. The van der Waals surface area contributed by atoms with Crippen LogP contribution in [0.1, 0.15) is 28.9 Å². The van der Waals surface area contributed by atoms with Gasteiger partial charge in [0.15, 0.2) is 0 Å². The molecule has 0 unspecified atom stereocenters. The summed E-state index contributed by atoms with van der Waals surface area (Å²) in [5.74, 6) is -0.374. The van der Waals surface area contributed by atoms with Crippen molar-refractivity contribution in [1.82, 2.24) is 20.2 Å². The van der Waals surface area contributed by atoms with Crippen LogP contribution in [0, 0.1) is 19.8 Å². The number of aromatic nitrogens is 2. The van der Waals surface area contributed by atoms with Gasteiger partial charge in [-0.1, -0.05) is 12.1 Å². The minimum Gasteiger partial charge on any atom is -0.358 e. The minimum atomic E-state index is -0.309. The maximum absolute atomic E-state index is 12.6. The van der Waals surface area contributed by atoms with Crippen LogP contribution in [0.5, 0.6) is 0 Å². The van der Waals surface area contributed by atoms with Gasteiger partial charge in [-0.25, -0.2) is 0 Å². The predicted octanol–water partition coefficient (Wildman–Crippen LogP) is 2.84. The zero-order chi connectivity index (χ0) is 19.7. The van der Waals surface area contributed by atoms with Crippen molar-refractivity contribution in [1.29, 1.82) is 0 Å². The first-order chi connectivity index (χ1) is 13.5. The third kappa shape index (κ3) is 3.63. The summed E-state index contributed by atoms with van der Waals surface area (Å²) < 4.78 is 0. The minimum absolute atomic E-state index is 0.00523. The summed E-state index contributed by atoms with van der Waals surface area (Å²) in [7, 11) is 0. The van der Waals surface area contributed by atoms with Crippen molar-refractivity contribution in [3.8, 4) is 0 Å². The summed E-state index contributed by atoms with van der Waals surface area (Å²) >= 11 is 0. The largest absolute Gasteiger partial charge is 0.358 e. The van der Waals surface area contributed by atoms with E-state index < -0.39 is 0 Å². The number of carbonyl (C=O) groups excluding carboxylic acids is 2. The SMILES string of the molecule is Cc1[nH]c2ccc(CNC(=O)[C@@H]3CC(=O)N(Cc4ccccn4)C3)cc2c1C. The maximum atomic E-state index is 12.6. The van der Waals surface area contributed by atoms with Crippen LogP contribution in [-0.4, -0.2) is 33.2 Å². The lowest BCUT2D eigenvalue weighted by Gasteiger charge is -2.16. The van der Waals surface area contributed by atoms with Gasteiger partial charge >= 0.3 is 0 Å².